The molecule has 0 radical (unpaired) electrons. The zero-order valence-electron chi connectivity index (χ0n) is 10.9. The molecule has 0 aromatic heterocycles. The maximum atomic E-state index is 11.3. The van der Waals surface area contributed by atoms with Crippen molar-refractivity contribution in [2.75, 3.05) is 14.2 Å². The van der Waals surface area contributed by atoms with Crippen molar-refractivity contribution in [2.24, 2.45) is 0 Å². The topological polar surface area (TPSA) is 55.8 Å². The second-order valence-electron chi connectivity index (χ2n) is 4.21. The van der Waals surface area contributed by atoms with Crippen molar-refractivity contribution in [1.29, 1.82) is 0 Å². The highest BCUT2D eigenvalue weighted by atomic mass is 79.9. The van der Waals surface area contributed by atoms with E-state index >= 15 is 0 Å². The van der Waals surface area contributed by atoms with E-state index in [1.54, 1.807) is 19.2 Å². The lowest BCUT2D eigenvalue weighted by Crippen LogP contribution is -2.14. The number of carbonyl (C=O) groups is 1. The van der Waals surface area contributed by atoms with Gasteiger partial charge < -0.3 is 14.6 Å². The molecule has 1 unspecified atom stereocenters. The standard InChI is InChI=1S/C13H17BrO4/c1-7(2)9-5-8(11(15)13(16)18-4)6-10(14)12(9)17-3/h5-7,11,15H,1-4H3. The second kappa shape index (κ2) is 6.20. The third-order valence-electron chi connectivity index (χ3n) is 2.66. The summed E-state index contributed by atoms with van der Waals surface area (Å²) in [5.41, 5.74) is 1.41. The molecule has 1 aromatic carbocycles. The van der Waals surface area contributed by atoms with Crippen LogP contribution in [0.25, 0.3) is 0 Å². The van der Waals surface area contributed by atoms with E-state index in [1.165, 1.54) is 7.11 Å². The summed E-state index contributed by atoms with van der Waals surface area (Å²) >= 11 is 3.38. The molecule has 0 bridgehead atoms. The van der Waals surface area contributed by atoms with Gasteiger partial charge in [0.05, 0.1) is 18.7 Å². The van der Waals surface area contributed by atoms with E-state index in [1.807, 2.05) is 13.8 Å². The molecular formula is C13H17BrO4. The van der Waals surface area contributed by atoms with Crippen molar-refractivity contribution in [1.82, 2.24) is 0 Å². The number of halogens is 1. The summed E-state index contributed by atoms with van der Waals surface area (Å²) in [6, 6.07) is 3.42. The summed E-state index contributed by atoms with van der Waals surface area (Å²) < 4.78 is 10.5. The number of methoxy groups -OCH3 is 2. The number of aliphatic hydroxyl groups excluding tert-OH is 1. The van der Waals surface area contributed by atoms with Crippen LogP contribution in [0.5, 0.6) is 5.75 Å². The van der Waals surface area contributed by atoms with Crippen LogP contribution in [0.1, 0.15) is 37.0 Å². The Bertz CT molecular complexity index is 443. The van der Waals surface area contributed by atoms with Crippen molar-refractivity contribution >= 4 is 21.9 Å². The summed E-state index contributed by atoms with van der Waals surface area (Å²) in [7, 11) is 2.83. The minimum absolute atomic E-state index is 0.209. The normalized spacial score (nSPS) is 12.4. The van der Waals surface area contributed by atoms with Gasteiger partial charge in [0.25, 0.3) is 0 Å². The Balaban J connectivity index is 3.28. The van der Waals surface area contributed by atoms with E-state index in [2.05, 4.69) is 20.7 Å². The first-order valence-electron chi connectivity index (χ1n) is 5.55. The second-order valence-corrected chi connectivity index (χ2v) is 5.06. The first-order valence-corrected chi connectivity index (χ1v) is 6.34. The van der Waals surface area contributed by atoms with E-state index in [9.17, 15) is 9.90 Å². The third-order valence-corrected chi connectivity index (χ3v) is 3.25. The first kappa shape index (κ1) is 15.0. The van der Waals surface area contributed by atoms with Gasteiger partial charge in [-0.15, -0.1) is 0 Å². The average Bonchev–Trinajstić information content (AvgIpc) is 2.35. The fourth-order valence-electron chi connectivity index (χ4n) is 1.69. The van der Waals surface area contributed by atoms with E-state index in [0.717, 1.165) is 5.56 Å². The molecule has 100 valence electrons. The lowest BCUT2D eigenvalue weighted by atomic mass is 9.97. The molecule has 1 atom stereocenters. The van der Waals surface area contributed by atoms with Crippen LogP contribution in [0.3, 0.4) is 0 Å². The molecule has 1 N–H and O–H groups in total. The number of rotatable bonds is 4. The number of aliphatic hydroxyl groups is 1. The van der Waals surface area contributed by atoms with Gasteiger partial charge in [0.2, 0.25) is 0 Å². The Hall–Kier alpha value is -1.07. The number of carbonyl (C=O) groups excluding carboxylic acids is 1. The molecule has 4 nitrogen and oxygen atoms in total. The summed E-state index contributed by atoms with van der Waals surface area (Å²) in [6.45, 7) is 4.02. The van der Waals surface area contributed by atoms with Crippen LogP contribution in [0, 0.1) is 0 Å². The zero-order chi connectivity index (χ0) is 13.9. The Morgan fingerprint density at radius 2 is 1.94 bits per heavy atom. The molecule has 0 fully saturated rings. The highest BCUT2D eigenvalue weighted by molar-refractivity contribution is 9.10. The predicted octanol–water partition coefficient (Wildman–Crippen LogP) is 2.79. The molecule has 0 spiro atoms. The van der Waals surface area contributed by atoms with Crippen LogP contribution in [0.4, 0.5) is 0 Å². The molecular weight excluding hydrogens is 300 g/mol. The van der Waals surface area contributed by atoms with Gasteiger partial charge in [-0.1, -0.05) is 13.8 Å². The summed E-state index contributed by atoms with van der Waals surface area (Å²) in [5, 5.41) is 9.85. The number of hydrogen-bond donors (Lipinski definition) is 1. The van der Waals surface area contributed by atoms with Crippen molar-refractivity contribution in [3.63, 3.8) is 0 Å². The average molecular weight is 317 g/mol. The third kappa shape index (κ3) is 3.03. The largest absolute Gasteiger partial charge is 0.495 e. The van der Waals surface area contributed by atoms with E-state index in [0.29, 0.717) is 15.8 Å². The van der Waals surface area contributed by atoms with E-state index in [4.69, 9.17) is 4.74 Å². The van der Waals surface area contributed by atoms with Gasteiger partial charge in [-0.3, -0.25) is 0 Å². The van der Waals surface area contributed by atoms with Crippen molar-refractivity contribution in [3.05, 3.63) is 27.7 Å². The fourth-order valence-corrected chi connectivity index (χ4v) is 2.34. The molecule has 1 aromatic rings. The van der Waals surface area contributed by atoms with Crippen LogP contribution in [-0.4, -0.2) is 25.3 Å². The number of benzene rings is 1. The maximum Gasteiger partial charge on any atom is 0.339 e. The number of esters is 1. The highest BCUT2D eigenvalue weighted by Gasteiger charge is 2.22. The van der Waals surface area contributed by atoms with E-state index in [-0.39, 0.29) is 5.92 Å². The quantitative estimate of drug-likeness (QED) is 0.868. The SMILES string of the molecule is COC(=O)C(O)c1cc(Br)c(OC)c(C(C)C)c1. The summed E-state index contributed by atoms with van der Waals surface area (Å²) in [4.78, 5) is 11.3. The van der Waals surface area contributed by atoms with E-state index < -0.39 is 12.1 Å². The molecule has 0 amide bonds. The molecule has 0 aliphatic carbocycles. The summed E-state index contributed by atoms with van der Waals surface area (Å²) in [5.74, 6) is 0.244. The lowest BCUT2D eigenvalue weighted by molar-refractivity contribution is -0.150. The zero-order valence-corrected chi connectivity index (χ0v) is 12.4. The van der Waals surface area contributed by atoms with Crippen LogP contribution in [-0.2, 0) is 9.53 Å². The Kier molecular flexibility index (Phi) is 5.16. The smallest absolute Gasteiger partial charge is 0.339 e. The predicted molar refractivity (Wildman–Crippen MR) is 71.8 cm³/mol. The highest BCUT2D eigenvalue weighted by Crippen LogP contribution is 2.36. The molecule has 18 heavy (non-hydrogen) atoms. The van der Waals surface area contributed by atoms with Gasteiger partial charge in [-0.25, -0.2) is 4.79 Å². The first-order chi connectivity index (χ1) is 8.42. The monoisotopic (exact) mass is 316 g/mol. The van der Waals surface area contributed by atoms with Gasteiger partial charge in [0.15, 0.2) is 6.10 Å². The van der Waals surface area contributed by atoms with Crippen LogP contribution >= 0.6 is 15.9 Å². The fraction of sp³-hybridized carbons (Fsp3) is 0.462. The van der Waals surface area contributed by atoms with Gasteiger partial charge >= 0.3 is 5.97 Å². The number of ether oxygens (including phenoxy) is 2. The van der Waals surface area contributed by atoms with Crippen LogP contribution in [0.2, 0.25) is 0 Å². The van der Waals surface area contributed by atoms with Gasteiger partial charge in [0.1, 0.15) is 5.75 Å². The van der Waals surface area contributed by atoms with Crippen molar-refractivity contribution in [2.45, 2.75) is 25.9 Å². The molecule has 0 heterocycles. The lowest BCUT2D eigenvalue weighted by Gasteiger charge is -2.17. The summed E-state index contributed by atoms with van der Waals surface area (Å²) in [6.07, 6.45) is -1.28. The Morgan fingerprint density at radius 3 is 2.39 bits per heavy atom. The molecule has 0 saturated heterocycles. The van der Waals surface area contributed by atoms with Gasteiger partial charge in [-0.05, 0) is 45.1 Å². The molecule has 0 saturated carbocycles. The minimum Gasteiger partial charge on any atom is -0.495 e. The van der Waals surface area contributed by atoms with Crippen LogP contribution in [0.15, 0.2) is 16.6 Å². The minimum atomic E-state index is -1.28. The Morgan fingerprint density at radius 1 is 1.33 bits per heavy atom. The van der Waals surface area contributed by atoms with Crippen LogP contribution < -0.4 is 4.74 Å². The molecule has 0 aliphatic rings. The molecule has 5 heteroatoms. The Labute approximate surface area is 115 Å². The maximum absolute atomic E-state index is 11.3. The van der Waals surface area contributed by atoms with Gasteiger partial charge in [-0.2, -0.15) is 0 Å². The number of hydrogen-bond acceptors (Lipinski definition) is 4. The molecule has 0 aliphatic heterocycles. The van der Waals surface area contributed by atoms with Crippen molar-refractivity contribution in [3.8, 4) is 5.75 Å². The molecule has 1 rings (SSSR count). The van der Waals surface area contributed by atoms with Gasteiger partial charge in [0, 0.05) is 0 Å². The van der Waals surface area contributed by atoms with Crippen molar-refractivity contribution < 1.29 is 19.4 Å².